The molecule has 0 bridgehead atoms. The van der Waals surface area contributed by atoms with E-state index in [4.69, 9.17) is 0 Å². The Kier molecular flexibility index (Phi) is 2.22. The van der Waals surface area contributed by atoms with Gasteiger partial charge in [0, 0.05) is 0 Å². The lowest BCUT2D eigenvalue weighted by atomic mass is 9.99. The Balaban J connectivity index is 3.51. The third kappa shape index (κ3) is 1.22. The highest BCUT2D eigenvalue weighted by atomic mass is 16.3. The van der Waals surface area contributed by atoms with Crippen molar-refractivity contribution in [3.8, 4) is 5.75 Å². The van der Waals surface area contributed by atoms with Crippen LogP contribution in [0.3, 0.4) is 0 Å². The molecule has 0 aromatic heterocycles. The van der Waals surface area contributed by atoms with Crippen molar-refractivity contribution in [1.82, 2.24) is 0 Å². The molecule has 0 atom stereocenters. The summed E-state index contributed by atoms with van der Waals surface area (Å²) in [6.45, 7) is 9.55. The molecule has 0 saturated carbocycles. The first-order chi connectivity index (χ1) is 5.57. The second kappa shape index (κ2) is 3.02. The number of hydrogen-bond acceptors (Lipinski definition) is 1. The molecule has 0 saturated heterocycles. The summed E-state index contributed by atoms with van der Waals surface area (Å²) >= 11 is 0. The zero-order valence-electron chi connectivity index (χ0n) is 7.81. The van der Waals surface area contributed by atoms with Crippen molar-refractivity contribution in [2.24, 2.45) is 0 Å². The summed E-state index contributed by atoms with van der Waals surface area (Å²) in [6.07, 6.45) is 1.78. The zero-order chi connectivity index (χ0) is 9.30. The van der Waals surface area contributed by atoms with Crippen LogP contribution in [0, 0.1) is 20.8 Å². The number of aryl methyl sites for hydroxylation is 2. The third-order valence-electron chi connectivity index (χ3n) is 2.19. The average Bonchev–Trinajstić information content (AvgIpc) is 2.01. The molecule has 1 N–H and O–H groups in total. The molecule has 0 amide bonds. The SMILES string of the molecule is C=Cc1c(C)cc(C)c(O)c1C. The molecule has 0 heterocycles. The Morgan fingerprint density at radius 2 is 1.83 bits per heavy atom. The average molecular weight is 162 g/mol. The van der Waals surface area contributed by atoms with Crippen molar-refractivity contribution < 1.29 is 5.11 Å². The Hall–Kier alpha value is -1.24. The predicted octanol–water partition coefficient (Wildman–Crippen LogP) is 2.96. The van der Waals surface area contributed by atoms with E-state index in [1.807, 2.05) is 26.8 Å². The van der Waals surface area contributed by atoms with Gasteiger partial charge >= 0.3 is 0 Å². The second-order valence-electron chi connectivity index (χ2n) is 3.10. The summed E-state index contributed by atoms with van der Waals surface area (Å²) in [6, 6.07) is 1.97. The van der Waals surface area contributed by atoms with Gasteiger partial charge in [-0.3, -0.25) is 0 Å². The van der Waals surface area contributed by atoms with Crippen LogP contribution < -0.4 is 0 Å². The quantitative estimate of drug-likeness (QED) is 0.673. The van der Waals surface area contributed by atoms with E-state index in [2.05, 4.69) is 6.58 Å². The normalized spacial score (nSPS) is 9.92. The molecule has 0 spiro atoms. The fourth-order valence-electron chi connectivity index (χ4n) is 1.50. The summed E-state index contributed by atoms with van der Waals surface area (Å²) < 4.78 is 0. The highest BCUT2D eigenvalue weighted by molar-refractivity contribution is 5.61. The largest absolute Gasteiger partial charge is 0.507 e. The van der Waals surface area contributed by atoms with E-state index < -0.39 is 0 Å². The zero-order valence-corrected chi connectivity index (χ0v) is 7.81. The van der Waals surface area contributed by atoms with Crippen LogP contribution in [0.25, 0.3) is 6.08 Å². The minimum atomic E-state index is 0.385. The van der Waals surface area contributed by atoms with Gasteiger partial charge in [0.1, 0.15) is 5.75 Å². The van der Waals surface area contributed by atoms with Gasteiger partial charge in [-0.15, -0.1) is 0 Å². The van der Waals surface area contributed by atoms with Crippen molar-refractivity contribution in [3.63, 3.8) is 0 Å². The van der Waals surface area contributed by atoms with E-state index in [9.17, 15) is 5.11 Å². The highest BCUT2D eigenvalue weighted by Gasteiger charge is 2.06. The van der Waals surface area contributed by atoms with Crippen LogP contribution in [-0.2, 0) is 0 Å². The second-order valence-corrected chi connectivity index (χ2v) is 3.10. The van der Waals surface area contributed by atoms with E-state index in [0.717, 1.165) is 22.3 Å². The topological polar surface area (TPSA) is 20.2 Å². The van der Waals surface area contributed by atoms with Gasteiger partial charge in [-0.2, -0.15) is 0 Å². The molecular formula is C11H14O. The summed E-state index contributed by atoms with van der Waals surface area (Å²) in [5.41, 5.74) is 4.05. The maximum absolute atomic E-state index is 9.59. The van der Waals surface area contributed by atoms with Crippen LogP contribution in [0.1, 0.15) is 22.3 Å². The van der Waals surface area contributed by atoms with E-state index in [-0.39, 0.29) is 0 Å². The molecule has 0 aliphatic heterocycles. The van der Waals surface area contributed by atoms with Crippen molar-refractivity contribution in [2.75, 3.05) is 0 Å². The van der Waals surface area contributed by atoms with E-state index >= 15 is 0 Å². The maximum Gasteiger partial charge on any atom is 0.122 e. The molecule has 0 aliphatic carbocycles. The smallest absolute Gasteiger partial charge is 0.122 e. The first-order valence-corrected chi connectivity index (χ1v) is 4.00. The van der Waals surface area contributed by atoms with Crippen LogP contribution in [-0.4, -0.2) is 5.11 Å². The minimum absolute atomic E-state index is 0.385. The molecule has 0 radical (unpaired) electrons. The highest BCUT2D eigenvalue weighted by Crippen LogP contribution is 2.27. The molecule has 64 valence electrons. The van der Waals surface area contributed by atoms with Crippen LogP contribution in [0.4, 0.5) is 0 Å². The van der Waals surface area contributed by atoms with Gasteiger partial charge in [0.15, 0.2) is 0 Å². The standard InChI is InChI=1S/C11H14O/c1-5-10-7(2)6-8(3)11(12)9(10)4/h5-6,12H,1H2,2-4H3. The number of aromatic hydroxyl groups is 1. The number of phenolic OH excluding ortho intramolecular Hbond substituents is 1. The molecule has 1 aromatic rings. The molecule has 0 aliphatic rings. The molecule has 0 unspecified atom stereocenters. The lowest BCUT2D eigenvalue weighted by Gasteiger charge is -2.09. The third-order valence-corrected chi connectivity index (χ3v) is 2.19. The van der Waals surface area contributed by atoms with Gasteiger partial charge in [-0.1, -0.05) is 18.7 Å². The summed E-state index contributed by atoms with van der Waals surface area (Å²) in [5, 5.41) is 9.59. The first kappa shape index (κ1) is 8.85. The van der Waals surface area contributed by atoms with Gasteiger partial charge in [0.2, 0.25) is 0 Å². The number of benzene rings is 1. The Labute approximate surface area is 73.4 Å². The van der Waals surface area contributed by atoms with E-state index in [1.165, 1.54) is 0 Å². The van der Waals surface area contributed by atoms with E-state index in [0.29, 0.717) is 5.75 Å². The number of phenols is 1. The van der Waals surface area contributed by atoms with E-state index in [1.54, 1.807) is 6.08 Å². The fourth-order valence-corrected chi connectivity index (χ4v) is 1.50. The molecule has 1 rings (SSSR count). The fraction of sp³-hybridized carbons (Fsp3) is 0.273. The summed E-state index contributed by atoms with van der Waals surface area (Å²) in [7, 11) is 0. The van der Waals surface area contributed by atoms with Crippen molar-refractivity contribution >= 4 is 6.08 Å². The Bertz CT molecular complexity index is 324. The minimum Gasteiger partial charge on any atom is -0.507 e. The van der Waals surface area contributed by atoms with Crippen LogP contribution in [0.5, 0.6) is 5.75 Å². The molecule has 1 aromatic carbocycles. The summed E-state index contributed by atoms with van der Waals surface area (Å²) in [5.74, 6) is 0.385. The number of hydrogen-bond donors (Lipinski definition) is 1. The summed E-state index contributed by atoms with van der Waals surface area (Å²) in [4.78, 5) is 0. The molecule has 1 nitrogen and oxygen atoms in total. The molecule has 12 heavy (non-hydrogen) atoms. The van der Waals surface area contributed by atoms with Crippen LogP contribution in [0.15, 0.2) is 12.6 Å². The van der Waals surface area contributed by atoms with Crippen molar-refractivity contribution in [1.29, 1.82) is 0 Å². The van der Waals surface area contributed by atoms with Crippen molar-refractivity contribution in [3.05, 3.63) is 34.9 Å². The van der Waals surface area contributed by atoms with Gasteiger partial charge in [0.05, 0.1) is 0 Å². The Morgan fingerprint density at radius 3 is 2.33 bits per heavy atom. The first-order valence-electron chi connectivity index (χ1n) is 4.00. The van der Waals surface area contributed by atoms with Crippen LogP contribution in [0.2, 0.25) is 0 Å². The molecule has 1 heteroatoms. The number of rotatable bonds is 1. The van der Waals surface area contributed by atoms with Crippen LogP contribution >= 0.6 is 0 Å². The maximum atomic E-state index is 9.59. The monoisotopic (exact) mass is 162 g/mol. The molecule has 0 fully saturated rings. The molecular weight excluding hydrogens is 148 g/mol. The predicted molar refractivity (Wildman–Crippen MR) is 52.4 cm³/mol. The van der Waals surface area contributed by atoms with Gasteiger partial charge in [0.25, 0.3) is 0 Å². The van der Waals surface area contributed by atoms with Gasteiger partial charge in [-0.25, -0.2) is 0 Å². The lowest BCUT2D eigenvalue weighted by molar-refractivity contribution is 0.466. The van der Waals surface area contributed by atoms with Gasteiger partial charge < -0.3 is 5.11 Å². The lowest BCUT2D eigenvalue weighted by Crippen LogP contribution is -1.89. The Morgan fingerprint density at radius 1 is 1.25 bits per heavy atom. The van der Waals surface area contributed by atoms with Gasteiger partial charge in [-0.05, 0) is 43.0 Å². The van der Waals surface area contributed by atoms with Crippen molar-refractivity contribution in [2.45, 2.75) is 20.8 Å².